The van der Waals surface area contributed by atoms with Gasteiger partial charge in [0, 0.05) is 25.7 Å². The third kappa shape index (κ3) is 4.58. The van der Waals surface area contributed by atoms with E-state index in [2.05, 4.69) is 20.6 Å². The van der Waals surface area contributed by atoms with Crippen LogP contribution in [0, 0.1) is 11.7 Å². The molecule has 0 bridgehead atoms. The van der Waals surface area contributed by atoms with Crippen LogP contribution in [0.3, 0.4) is 0 Å². The van der Waals surface area contributed by atoms with Gasteiger partial charge in [-0.05, 0) is 49.8 Å². The predicted octanol–water partition coefficient (Wildman–Crippen LogP) is 2.53. The Labute approximate surface area is 195 Å². The van der Waals surface area contributed by atoms with Crippen molar-refractivity contribution in [3.05, 3.63) is 52.3 Å². The van der Waals surface area contributed by atoms with E-state index in [1.165, 1.54) is 10.6 Å². The van der Waals surface area contributed by atoms with Crippen LogP contribution >= 0.6 is 0 Å². The van der Waals surface area contributed by atoms with Crippen molar-refractivity contribution in [2.75, 3.05) is 18.5 Å². The lowest BCUT2D eigenvalue weighted by Gasteiger charge is -2.29. The lowest BCUT2D eigenvalue weighted by Crippen LogP contribution is -2.34. The van der Waals surface area contributed by atoms with E-state index in [0.29, 0.717) is 47.7 Å². The second kappa shape index (κ2) is 9.38. The monoisotopic (exact) mass is 467 g/mol. The first kappa shape index (κ1) is 22.3. The largest absolute Gasteiger partial charge is 0.488 e. The quantitative estimate of drug-likeness (QED) is 0.574. The summed E-state index contributed by atoms with van der Waals surface area (Å²) in [6.07, 6.45) is 4.97. The standard InChI is InChI=1S/C24H26FN5O4/c1-30-21(32)9-7-18-22(30)23(17(25)11-27-18)34-12-14-2-4-15(5-3-14)26-10-16-6-8-19-24(28-16)29-20(31)13-33-19/h6-9,11,14-15,26H,2-5,10,12-13H2,1H3,(H,28,29,31)/t14-,15-. The van der Waals surface area contributed by atoms with Crippen molar-refractivity contribution in [1.29, 1.82) is 0 Å². The first-order chi connectivity index (χ1) is 16.5. The third-order valence-corrected chi connectivity index (χ3v) is 6.46. The minimum atomic E-state index is -0.566. The van der Waals surface area contributed by atoms with E-state index in [9.17, 15) is 14.0 Å². The smallest absolute Gasteiger partial charge is 0.263 e. The number of ether oxygens (including phenoxy) is 2. The summed E-state index contributed by atoms with van der Waals surface area (Å²) in [6, 6.07) is 7.06. The van der Waals surface area contributed by atoms with Gasteiger partial charge in [-0.15, -0.1) is 0 Å². The number of rotatable bonds is 6. The molecule has 1 aliphatic heterocycles. The van der Waals surface area contributed by atoms with Crippen LogP contribution in [0.5, 0.6) is 11.5 Å². The average molecular weight is 468 g/mol. The van der Waals surface area contributed by atoms with Crippen LogP contribution in [0.1, 0.15) is 31.4 Å². The van der Waals surface area contributed by atoms with Crippen molar-refractivity contribution in [2.24, 2.45) is 13.0 Å². The molecule has 1 aliphatic carbocycles. The Bertz CT molecular complexity index is 1290. The first-order valence-electron chi connectivity index (χ1n) is 11.4. The van der Waals surface area contributed by atoms with Crippen molar-refractivity contribution in [2.45, 2.75) is 38.3 Å². The zero-order valence-corrected chi connectivity index (χ0v) is 18.8. The molecular weight excluding hydrogens is 441 g/mol. The molecular formula is C24H26FN5O4. The summed E-state index contributed by atoms with van der Waals surface area (Å²) in [5, 5.41) is 6.26. The van der Waals surface area contributed by atoms with Gasteiger partial charge in [-0.2, -0.15) is 0 Å². The van der Waals surface area contributed by atoms with E-state index in [4.69, 9.17) is 9.47 Å². The Balaban J connectivity index is 1.15. The van der Waals surface area contributed by atoms with E-state index < -0.39 is 5.82 Å². The van der Waals surface area contributed by atoms with Gasteiger partial charge in [0.1, 0.15) is 5.52 Å². The second-order valence-corrected chi connectivity index (χ2v) is 8.80. The normalized spacial score (nSPS) is 19.9. The van der Waals surface area contributed by atoms with Gasteiger partial charge in [-0.3, -0.25) is 14.6 Å². The molecule has 3 aromatic rings. The summed E-state index contributed by atoms with van der Waals surface area (Å²) in [6.45, 7) is 0.997. The predicted molar refractivity (Wildman–Crippen MR) is 123 cm³/mol. The van der Waals surface area contributed by atoms with Gasteiger partial charge in [-0.25, -0.2) is 9.37 Å². The molecule has 5 rings (SSSR count). The zero-order valence-electron chi connectivity index (χ0n) is 18.8. The number of nitrogens with one attached hydrogen (secondary N) is 2. The Hall–Kier alpha value is -3.53. The molecule has 0 unspecified atom stereocenters. The van der Waals surface area contributed by atoms with Crippen LogP contribution in [0.4, 0.5) is 10.2 Å². The number of hydrogen-bond donors (Lipinski definition) is 2. The number of carbonyl (C=O) groups is 1. The topological polar surface area (TPSA) is 107 Å². The number of hydrogen-bond acceptors (Lipinski definition) is 7. The van der Waals surface area contributed by atoms with Gasteiger partial charge < -0.3 is 24.7 Å². The van der Waals surface area contributed by atoms with Crippen LogP contribution in [0.2, 0.25) is 0 Å². The van der Waals surface area contributed by atoms with Crippen molar-refractivity contribution >= 4 is 22.8 Å². The number of pyridine rings is 3. The molecule has 0 atom stereocenters. The molecule has 0 spiro atoms. The maximum absolute atomic E-state index is 14.5. The molecule has 34 heavy (non-hydrogen) atoms. The second-order valence-electron chi connectivity index (χ2n) is 8.80. The molecule has 2 N–H and O–H groups in total. The maximum atomic E-state index is 14.5. The van der Waals surface area contributed by atoms with Crippen molar-refractivity contribution in [1.82, 2.24) is 19.9 Å². The summed E-state index contributed by atoms with van der Waals surface area (Å²) in [5.74, 6) is 0.665. The van der Waals surface area contributed by atoms with E-state index in [-0.39, 0.29) is 23.8 Å². The van der Waals surface area contributed by atoms with E-state index >= 15 is 0 Å². The van der Waals surface area contributed by atoms with Gasteiger partial charge in [-0.1, -0.05) is 0 Å². The SMILES string of the molecule is Cn1c(=O)ccc2ncc(F)c(OC[C@H]3CC[C@H](NCc4ccc5c(n4)NC(=O)CO5)CC3)c21. The Kier molecular flexibility index (Phi) is 6.14. The minimum Gasteiger partial charge on any atom is -0.488 e. The Morgan fingerprint density at radius 3 is 2.85 bits per heavy atom. The summed E-state index contributed by atoms with van der Waals surface area (Å²) in [7, 11) is 1.59. The molecule has 3 aromatic heterocycles. The van der Waals surface area contributed by atoms with E-state index in [0.717, 1.165) is 37.6 Å². The van der Waals surface area contributed by atoms with Gasteiger partial charge in [0.25, 0.3) is 11.5 Å². The third-order valence-electron chi connectivity index (χ3n) is 6.46. The number of aryl methyl sites for hydroxylation is 1. The maximum Gasteiger partial charge on any atom is 0.263 e. The minimum absolute atomic E-state index is 0.0153. The van der Waals surface area contributed by atoms with Gasteiger partial charge in [0.15, 0.2) is 29.7 Å². The first-order valence-corrected chi connectivity index (χ1v) is 11.4. The van der Waals surface area contributed by atoms with E-state index in [1.54, 1.807) is 13.1 Å². The molecule has 0 aromatic carbocycles. The fourth-order valence-corrected chi connectivity index (χ4v) is 4.52. The molecule has 2 aliphatic rings. The molecule has 4 heterocycles. The molecule has 10 heteroatoms. The summed E-state index contributed by atoms with van der Waals surface area (Å²) in [5.41, 5.74) is 1.50. The van der Waals surface area contributed by atoms with E-state index in [1.807, 2.05) is 12.1 Å². The number of nitrogens with zero attached hydrogens (tertiary/aromatic N) is 3. The molecule has 9 nitrogen and oxygen atoms in total. The Morgan fingerprint density at radius 2 is 2.03 bits per heavy atom. The Morgan fingerprint density at radius 1 is 1.21 bits per heavy atom. The highest BCUT2D eigenvalue weighted by molar-refractivity contribution is 5.94. The number of amides is 1. The molecule has 1 amide bonds. The molecule has 0 saturated heterocycles. The highest BCUT2D eigenvalue weighted by atomic mass is 19.1. The number of anilines is 1. The van der Waals surface area contributed by atoms with Crippen LogP contribution in [-0.2, 0) is 18.4 Å². The van der Waals surface area contributed by atoms with Crippen LogP contribution in [0.15, 0.2) is 35.3 Å². The fourth-order valence-electron chi connectivity index (χ4n) is 4.52. The summed E-state index contributed by atoms with van der Waals surface area (Å²) in [4.78, 5) is 32.0. The fraction of sp³-hybridized carbons (Fsp3) is 0.417. The molecule has 1 saturated carbocycles. The van der Waals surface area contributed by atoms with Crippen molar-refractivity contribution in [3.63, 3.8) is 0 Å². The molecule has 1 fully saturated rings. The van der Waals surface area contributed by atoms with Gasteiger partial charge in [0.05, 0.1) is 24.0 Å². The number of aromatic nitrogens is 3. The highest BCUT2D eigenvalue weighted by Crippen LogP contribution is 2.30. The molecule has 178 valence electrons. The number of fused-ring (bicyclic) bond motifs is 2. The molecule has 0 radical (unpaired) electrons. The number of halogens is 1. The van der Waals surface area contributed by atoms with Gasteiger partial charge >= 0.3 is 0 Å². The zero-order chi connectivity index (χ0) is 23.7. The average Bonchev–Trinajstić information content (AvgIpc) is 2.85. The summed E-state index contributed by atoms with van der Waals surface area (Å²) < 4.78 is 27.1. The van der Waals surface area contributed by atoms with Crippen molar-refractivity contribution < 1.29 is 18.7 Å². The lowest BCUT2D eigenvalue weighted by atomic mass is 9.86. The van der Waals surface area contributed by atoms with Crippen molar-refractivity contribution in [3.8, 4) is 11.5 Å². The van der Waals surface area contributed by atoms with Crippen LogP contribution < -0.4 is 25.7 Å². The highest BCUT2D eigenvalue weighted by Gasteiger charge is 2.23. The van der Waals surface area contributed by atoms with Crippen LogP contribution in [0.25, 0.3) is 11.0 Å². The lowest BCUT2D eigenvalue weighted by molar-refractivity contribution is -0.118. The van der Waals surface area contributed by atoms with Gasteiger partial charge in [0.2, 0.25) is 0 Å². The summed E-state index contributed by atoms with van der Waals surface area (Å²) >= 11 is 0. The number of carbonyl (C=O) groups excluding carboxylic acids is 1. The van der Waals surface area contributed by atoms with Crippen LogP contribution in [-0.4, -0.2) is 39.7 Å².